The summed E-state index contributed by atoms with van der Waals surface area (Å²) in [5.74, 6) is 0.0721. The van der Waals surface area contributed by atoms with E-state index in [0.717, 1.165) is 29.1 Å². The minimum Gasteiger partial charge on any atom is -0.330 e. The molecule has 0 unspecified atom stereocenters. The highest BCUT2D eigenvalue weighted by Gasteiger charge is 2.31. The lowest BCUT2D eigenvalue weighted by atomic mass is 10.1. The van der Waals surface area contributed by atoms with E-state index in [2.05, 4.69) is 15.2 Å². The van der Waals surface area contributed by atoms with Gasteiger partial charge in [0.15, 0.2) is 0 Å². The quantitative estimate of drug-likeness (QED) is 0.909. The summed E-state index contributed by atoms with van der Waals surface area (Å²) in [6.07, 6.45) is 2.49. The first-order valence-corrected chi connectivity index (χ1v) is 6.41. The number of aryl methyl sites for hydroxylation is 1. The van der Waals surface area contributed by atoms with Gasteiger partial charge in [0, 0.05) is 24.4 Å². The van der Waals surface area contributed by atoms with E-state index in [9.17, 15) is 4.79 Å². The Kier molecular flexibility index (Phi) is 2.81. The van der Waals surface area contributed by atoms with E-state index in [4.69, 9.17) is 0 Å². The average Bonchev–Trinajstić information content (AvgIpc) is 2.94. The summed E-state index contributed by atoms with van der Waals surface area (Å²) in [7, 11) is 0. The van der Waals surface area contributed by atoms with Crippen LogP contribution < -0.4 is 0 Å². The number of H-pyrrole nitrogens is 1. The first kappa shape index (κ1) is 11.9. The minimum absolute atomic E-state index is 0.0721. The lowest BCUT2D eigenvalue weighted by Gasteiger charge is -2.23. The lowest BCUT2D eigenvalue weighted by Crippen LogP contribution is -2.34. The number of aromatic nitrogens is 3. The first-order chi connectivity index (χ1) is 9.15. The number of aromatic amines is 1. The molecule has 0 saturated heterocycles. The summed E-state index contributed by atoms with van der Waals surface area (Å²) in [4.78, 5) is 18.4. The van der Waals surface area contributed by atoms with Crippen molar-refractivity contribution in [3.8, 4) is 0 Å². The fraction of sp³-hybridized carbons (Fsp3) is 0.357. The molecule has 1 aliphatic heterocycles. The van der Waals surface area contributed by atoms with Crippen molar-refractivity contribution >= 4 is 5.91 Å². The van der Waals surface area contributed by atoms with Crippen molar-refractivity contribution in [3.63, 3.8) is 0 Å². The van der Waals surface area contributed by atoms with Crippen LogP contribution in [0.1, 0.15) is 34.4 Å². The zero-order valence-electron chi connectivity index (χ0n) is 11.1. The molecule has 19 heavy (non-hydrogen) atoms. The fourth-order valence-corrected chi connectivity index (χ4v) is 2.49. The molecule has 3 heterocycles. The number of carbonyl (C=O) groups is 1. The Labute approximate surface area is 111 Å². The summed E-state index contributed by atoms with van der Waals surface area (Å²) in [6.45, 7) is 4.62. The van der Waals surface area contributed by atoms with Gasteiger partial charge >= 0.3 is 0 Å². The third-order valence-corrected chi connectivity index (χ3v) is 3.50. The summed E-state index contributed by atoms with van der Waals surface area (Å²) >= 11 is 0. The normalized spacial score (nSPS) is 15.7. The van der Waals surface area contributed by atoms with Gasteiger partial charge in [0.05, 0.1) is 23.5 Å². The summed E-state index contributed by atoms with van der Waals surface area (Å²) in [6, 6.07) is 5.78. The molecule has 3 rings (SSSR count). The number of nitrogens with zero attached hydrogens (tertiary/aromatic N) is 3. The van der Waals surface area contributed by atoms with Gasteiger partial charge in [0.1, 0.15) is 0 Å². The maximum Gasteiger partial charge on any atom is 0.256 e. The predicted octanol–water partition coefficient (Wildman–Crippen LogP) is 1.70. The van der Waals surface area contributed by atoms with Gasteiger partial charge in [-0.3, -0.25) is 14.9 Å². The Bertz CT molecular complexity index is 619. The van der Waals surface area contributed by atoms with Gasteiger partial charge < -0.3 is 4.90 Å². The maximum absolute atomic E-state index is 12.3. The Balaban J connectivity index is 1.76. The molecular formula is C14H16N4O. The Morgan fingerprint density at radius 3 is 3.05 bits per heavy atom. The zero-order chi connectivity index (χ0) is 13.4. The average molecular weight is 256 g/mol. The number of pyridine rings is 1. The number of nitrogens with one attached hydrogen (secondary N) is 1. The molecule has 0 bridgehead atoms. The van der Waals surface area contributed by atoms with Crippen molar-refractivity contribution in [2.75, 3.05) is 0 Å². The van der Waals surface area contributed by atoms with E-state index in [0.29, 0.717) is 6.54 Å². The third kappa shape index (κ3) is 2.12. The van der Waals surface area contributed by atoms with Gasteiger partial charge in [-0.25, -0.2) is 0 Å². The fourth-order valence-electron chi connectivity index (χ4n) is 2.49. The molecule has 0 spiro atoms. The van der Waals surface area contributed by atoms with E-state index >= 15 is 0 Å². The van der Waals surface area contributed by atoms with Gasteiger partial charge in [-0.05, 0) is 32.0 Å². The number of hydrogen-bond donors (Lipinski definition) is 1. The van der Waals surface area contributed by atoms with Crippen molar-refractivity contribution < 1.29 is 4.79 Å². The van der Waals surface area contributed by atoms with Crippen LogP contribution in [-0.4, -0.2) is 32.0 Å². The van der Waals surface area contributed by atoms with Crippen LogP contribution in [0.3, 0.4) is 0 Å². The van der Waals surface area contributed by atoms with Crippen molar-refractivity contribution in [2.45, 2.75) is 32.9 Å². The Morgan fingerprint density at radius 2 is 2.37 bits per heavy atom. The highest BCUT2D eigenvalue weighted by Crippen LogP contribution is 2.23. The predicted molar refractivity (Wildman–Crippen MR) is 70.6 cm³/mol. The minimum atomic E-state index is 0.0721. The number of fused-ring (bicyclic) bond motifs is 1. The summed E-state index contributed by atoms with van der Waals surface area (Å²) in [5.41, 5.74) is 3.63. The van der Waals surface area contributed by atoms with Crippen LogP contribution in [0.2, 0.25) is 0 Å². The molecule has 0 radical (unpaired) electrons. The molecular weight excluding hydrogens is 240 g/mol. The lowest BCUT2D eigenvalue weighted by molar-refractivity contribution is 0.0715. The molecule has 5 heteroatoms. The molecule has 1 atom stereocenters. The molecule has 98 valence electrons. The van der Waals surface area contributed by atoms with Crippen molar-refractivity contribution in [1.29, 1.82) is 0 Å². The van der Waals surface area contributed by atoms with Crippen LogP contribution in [0.5, 0.6) is 0 Å². The third-order valence-electron chi connectivity index (χ3n) is 3.50. The van der Waals surface area contributed by atoms with Crippen LogP contribution in [0.4, 0.5) is 0 Å². The van der Waals surface area contributed by atoms with E-state index in [1.807, 2.05) is 36.9 Å². The number of rotatable bonds is 3. The number of amides is 1. The van der Waals surface area contributed by atoms with E-state index < -0.39 is 0 Å². The molecule has 0 saturated carbocycles. The molecule has 2 aromatic heterocycles. The Morgan fingerprint density at radius 1 is 1.53 bits per heavy atom. The highest BCUT2D eigenvalue weighted by molar-refractivity contribution is 5.97. The molecule has 1 aliphatic rings. The van der Waals surface area contributed by atoms with Crippen LogP contribution in [0.25, 0.3) is 0 Å². The second kappa shape index (κ2) is 4.50. The smallest absolute Gasteiger partial charge is 0.256 e. The SMILES string of the molecule is Cc1cc(C[C@@H](C)N2Cc3ncccc3C2=O)n[nH]1. The van der Waals surface area contributed by atoms with E-state index in [-0.39, 0.29) is 11.9 Å². The Hall–Kier alpha value is -2.17. The highest BCUT2D eigenvalue weighted by atomic mass is 16.2. The van der Waals surface area contributed by atoms with Crippen LogP contribution in [0.15, 0.2) is 24.4 Å². The maximum atomic E-state index is 12.3. The zero-order valence-corrected chi connectivity index (χ0v) is 11.1. The number of carbonyl (C=O) groups excluding carboxylic acids is 1. The van der Waals surface area contributed by atoms with Gasteiger partial charge in [0.25, 0.3) is 5.91 Å². The topological polar surface area (TPSA) is 61.9 Å². The standard InChI is InChI=1S/C14H16N4O/c1-9-6-11(17-16-9)7-10(2)18-8-13-12(14(18)19)4-3-5-15-13/h3-6,10H,7-8H2,1-2H3,(H,16,17)/t10-/m1/s1. The van der Waals surface area contributed by atoms with E-state index in [1.165, 1.54) is 0 Å². The van der Waals surface area contributed by atoms with Gasteiger partial charge in [-0.1, -0.05) is 0 Å². The molecule has 0 fully saturated rings. The monoisotopic (exact) mass is 256 g/mol. The van der Waals surface area contributed by atoms with E-state index in [1.54, 1.807) is 6.20 Å². The number of hydrogen-bond acceptors (Lipinski definition) is 3. The molecule has 0 aromatic carbocycles. The summed E-state index contributed by atoms with van der Waals surface area (Å²) in [5, 5.41) is 7.15. The largest absolute Gasteiger partial charge is 0.330 e. The van der Waals surface area contributed by atoms with Gasteiger partial charge in [0.2, 0.25) is 0 Å². The molecule has 0 aliphatic carbocycles. The summed E-state index contributed by atoms with van der Waals surface area (Å²) < 4.78 is 0. The van der Waals surface area contributed by atoms with Crippen LogP contribution in [-0.2, 0) is 13.0 Å². The first-order valence-electron chi connectivity index (χ1n) is 6.41. The van der Waals surface area contributed by atoms with Crippen LogP contribution in [0, 0.1) is 6.92 Å². The van der Waals surface area contributed by atoms with Crippen molar-refractivity contribution in [2.24, 2.45) is 0 Å². The van der Waals surface area contributed by atoms with Crippen molar-refractivity contribution in [3.05, 3.63) is 47.0 Å². The van der Waals surface area contributed by atoms with Gasteiger partial charge in [-0.15, -0.1) is 0 Å². The molecule has 1 N–H and O–H groups in total. The second-order valence-corrected chi connectivity index (χ2v) is 5.03. The molecule has 2 aromatic rings. The van der Waals surface area contributed by atoms with Crippen molar-refractivity contribution in [1.82, 2.24) is 20.1 Å². The molecule has 1 amide bonds. The molecule has 5 nitrogen and oxygen atoms in total. The van der Waals surface area contributed by atoms with Crippen LogP contribution >= 0.6 is 0 Å². The second-order valence-electron chi connectivity index (χ2n) is 5.03. The van der Waals surface area contributed by atoms with Gasteiger partial charge in [-0.2, -0.15) is 5.10 Å².